The number of fused-ring (bicyclic) bond motifs is 2. The van der Waals surface area contributed by atoms with Crippen molar-refractivity contribution in [3.63, 3.8) is 0 Å². The predicted molar refractivity (Wildman–Crippen MR) is 107 cm³/mol. The Morgan fingerprint density at radius 2 is 1.78 bits per heavy atom. The number of piperidine rings is 1. The lowest BCUT2D eigenvalue weighted by Gasteiger charge is -2.35. The quantitative estimate of drug-likeness (QED) is 0.564. The molecule has 2 aliphatic heterocycles. The Morgan fingerprint density at radius 3 is 2.56 bits per heavy atom. The molecule has 2 aliphatic rings. The van der Waals surface area contributed by atoms with Gasteiger partial charge in [0.15, 0.2) is 5.65 Å². The van der Waals surface area contributed by atoms with Gasteiger partial charge < -0.3 is 9.80 Å². The Morgan fingerprint density at radius 1 is 1.00 bits per heavy atom. The maximum atomic E-state index is 13.1. The van der Waals surface area contributed by atoms with Crippen LogP contribution in [0.2, 0.25) is 0 Å². The van der Waals surface area contributed by atoms with E-state index in [0.29, 0.717) is 48.4 Å². The Hall–Kier alpha value is -3.05. The molecule has 0 bridgehead atoms. The minimum atomic E-state index is -4.41. The molecule has 2 fully saturated rings. The van der Waals surface area contributed by atoms with E-state index in [2.05, 4.69) is 25.0 Å². The van der Waals surface area contributed by atoms with Crippen molar-refractivity contribution in [3.05, 3.63) is 36.3 Å². The third-order valence-electron chi connectivity index (χ3n) is 6.17. The molecule has 0 spiro atoms. The first kappa shape index (κ1) is 20.8. The van der Waals surface area contributed by atoms with Crippen LogP contribution in [0.4, 0.5) is 33.6 Å². The van der Waals surface area contributed by atoms with Crippen molar-refractivity contribution in [2.45, 2.75) is 25.6 Å². The van der Waals surface area contributed by atoms with Crippen LogP contribution in [-0.4, -0.2) is 57.3 Å². The number of rotatable bonds is 4. The van der Waals surface area contributed by atoms with Crippen molar-refractivity contribution in [1.29, 1.82) is 0 Å². The molecular weight excluding hydrogens is 433 g/mol. The second-order valence-electron chi connectivity index (χ2n) is 8.22. The van der Waals surface area contributed by atoms with E-state index in [1.165, 1.54) is 12.4 Å². The van der Waals surface area contributed by atoms with E-state index in [1.54, 1.807) is 6.20 Å². The van der Waals surface area contributed by atoms with Gasteiger partial charge in [-0.15, -0.1) is 0 Å². The molecule has 7 nitrogen and oxygen atoms in total. The molecule has 32 heavy (non-hydrogen) atoms. The minimum absolute atomic E-state index is 0.226. The van der Waals surface area contributed by atoms with Gasteiger partial charge in [-0.2, -0.15) is 18.3 Å². The van der Waals surface area contributed by atoms with Gasteiger partial charge in [0.1, 0.15) is 23.7 Å². The van der Waals surface area contributed by atoms with Gasteiger partial charge in [0, 0.05) is 32.4 Å². The third-order valence-corrected chi connectivity index (χ3v) is 6.17. The zero-order valence-electron chi connectivity index (χ0n) is 16.9. The van der Waals surface area contributed by atoms with Crippen LogP contribution in [0.1, 0.15) is 12.0 Å². The van der Waals surface area contributed by atoms with Crippen LogP contribution >= 0.6 is 0 Å². The number of pyridine rings is 1. The molecule has 0 radical (unpaired) electrons. The lowest BCUT2D eigenvalue weighted by molar-refractivity contribution is -0.137. The Labute approximate surface area is 179 Å². The van der Waals surface area contributed by atoms with E-state index >= 15 is 0 Å². The van der Waals surface area contributed by atoms with Crippen LogP contribution in [0.3, 0.4) is 0 Å². The topological polar surface area (TPSA) is 63.0 Å². The maximum Gasteiger partial charge on any atom is 0.416 e. The molecule has 0 aromatic carbocycles. The summed E-state index contributed by atoms with van der Waals surface area (Å²) in [7, 11) is 0. The molecule has 0 N–H and O–H groups in total. The van der Waals surface area contributed by atoms with Crippen LogP contribution in [0.15, 0.2) is 30.7 Å². The number of nitrogens with zero attached hydrogens (tertiary/aromatic N) is 7. The Kier molecular flexibility index (Phi) is 5.09. The summed E-state index contributed by atoms with van der Waals surface area (Å²) in [6.45, 7) is 2.05. The molecule has 2 atom stereocenters. The number of aromatic nitrogens is 5. The summed E-state index contributed by atoms with van der Waals surface area (Å²) in [6, 6.07) is 2.07. The number of halogens is 5. The summed E-state index contributed by atoms with van der Waals surface area (Å²) in [5.41, 5.74) is 0.0573. The fourth-order valence-corrected chi connectivity index (χ4v) is 4.59. The van der Waals surface area contributed by atoms with Crippen molar-refractivity contribution in [1.82, 2.24) is 24.7 Å². The van der Waals surface area contributed by atoms with Crippen molar-refractivity contribution >= 4 is 22.8 Å². The zero-order valence-corrected chi connectivity index (χ0v) is 16.9. The normalized spacial score (nSPS) is 21.6. The van der Waals surface area contributed by atoms with E-state index in [9.17, 15) is 22.0 Å². The second kappa shape index (κ2) is 7.82. The van der Waals surface area contributed by atoms with Gasteiger partial charge in [-0.25, -0.2) is 28.4 Å². The van der Waals surface area contributed by atoms with Crippen LogP contribution in [0.5, 0.6) is 0 Å². The first-order valence-corrected chi connectivity index (χ1v) is 10.3. The van der Waals surface area contributed by atoms with Crippen molar-refractivity contribution in [2.75, 3.05) is 36.0 Å². The smallest absolute Gasteiger partial charge is 0.356 e. The number of anilines is 2. The Bertz CT molecular complexity index is 1120. The first-order chi connectivity index (χ1) is 15.3. The van der Waals surface area contributed by atoms with Gasteiger partial charge >= 0.3 is 6.18 Å². The predicted octanol–water partition coefficient (Wildman–Crippen LogP) is 3.47. The highest BCUT2D eigenvalue weighted by atomic mass is 19.4. The lowest BCUT2D eigenvalue weighted by atomic mass is 9.89. The maximum absolute atomic E-state index is 13.1. The largest absolute Gasteiger partial charge is 0.416 e. The first-order valence-electron chi connectivity index (χ1n) is 10.3. The van der Waals surface area contributed by atoms with E-state index in [0.717, 1.165) is 29.8 Å². The zero-order chi connectivity index (χ0) is 22.5. The third kappa shape index (κ3) is 3.93. The molecule has 3 aromatic rings. The van der Waals surface area contributed by atoms with E-state index < -0.39 is 24.7 Å². The SMILES string of the molecule is FC(F)Cn1ncc2ncc(N3CC4CCN(c5cc(C(F)(F)F)ccn5)CC4C3)nc21. The van der Waals surface area contributed by atoms with Gasteiger partial charge in [0.25, 0.3) is 6.43 Å². The number of hydrogen-bond donors (Lipinski definition) is 0. The molecular formula is C20H20F5N7. The summed E-state index contributed by atoms with van der Waals surface area (Å²) in [5, 5.41) is 3.94. The fourth-order valence-electron chi connectivity index (χ4n) is 4.59. The van der Waals surface area contributed by atoms with Crippen molar-refractivity contribution in [2.24, 2.45) is 11.8 Å². The summed E-state index contributed by atoms with van der Waals surface area (Å²) in [6.07, 6.45) is -1.92. The summed E-state index contributed by atoms with van der Waals surface area (Å²) in [5.74, 6) is 1.50. The minimum Gasteiger partial charge on any atom is -0.356 e. The summed E-state index contributed by atoms with van der Waals surface area (Å²) in [4.78, 5) is 16.9. The van der Waals surface area contributed by atoms with E-state index in [4.69, 9.17) is 0 Å². The Balaban J connectivity index is 1.32. The van der Waals surface area contributed by atoms with Gasteiger partial charge in [-0.05, 0) is 30.4 Å². The number of alkyl halides is 5. The molecule has 0 aliphatic carbocycles. The molecule has 5 rings (SSSR count). The highest BCUT2D eigenvalue weighted by Gasteiger charge is 2.39. The second-order valence-corrected chi connectivity index (χ2v) is 8.22. The molecule has 0 amide bonds. The molecule has 2 saturated heterocycles. The van der Waals surface area contributed by atoms with Crippen LogP contribution < -0.4 is 9.80 Å². The van der Waals surface area contributed by atoms with Crippen molar-refractivity contribution in [3.8, 4) is 0 Å². The molecule has 170 valence electrons. The van der Waals surface area contributed by atoms with Gasteiger partial charge in [0.05, 0.1) is 18.0 Å². The highest BCUT2D eigenvalue weighted by molar-refractivity contribution is 5.71. The van der Waals surface area contributed by atoms with Crippen molar-refractivity contribution < 1.29 is 22.0 Å². The molecule has 5 heterocycles. The molecule has 2 unspecified atom stereocenters. The van der Waals surface area contributed by atoms with E-state index in [1.807, 2.05) is 4.90 Å². The summed E-state index contributed by atoms with van der Waals surface area (Å²) < 4.78 is 65.9. The van der Waals surface area contributed by atoms with Gasteiger partial charge in [-0.3, -0.25) is 0 Å². The monoisotopic (exact) mass is 453 g/mol. The van der Waals surface area contributed by atoms with Gasteiger partial charge in [0.2, 0.25) is 0 Å². The van der Waals surface area contributed by atoms with Gasteiger partial charge in [-0.1, -0.05) is 0 Å². The van der Waals surface area contributed by atoms with E-state index in [-0.39, 0.29) is 5.92 Å². The van der Waals surface area contributed by atoms with Crippen LogP contribution in [0, 0.1) is 11.8 Å². The fraction of sp³-hybridized carbons (Fsp3) is 0.500. The number of hydrogen-bond acceptors (Lipinski definition) is 6. The average Bonchev–Trinajstić information content (AvgIpc) is 3.36. The molecule has 0 saturated carbocycles. The van der Waals surface area contributed by atoms with Crippen LogP contribution in [0.25, 0.3) is 11.2 Å². The summed E-state index contributed by atoms with van der Waals surface area (Å²) >= 11 is 0. The molecule has 3 aromatic heterocycles. The lowest BCUT2D eigenvalue weighted by Crippen LogP contribution is -2.40. The average molecular weight is 453 g/mol. The van der Waals surface area contributed by atoms with Crippen LogP contribution in [-0.2, 0) is 12.7 Å². The molecule has 12 heteroatoms. The highest BCUT2D eigenvalue weighted by Crippen LogP contribution is 2.36. The standard InChI is InChI=1S/C20H20F5N7/c21-16(22)11-32-19-15(6-28-32)27-7-18(29-19)31-8-12-2-4-30(9-13(12)10-31)17-5-14(1-3-26-17)20(23,24)25/h1,3,5-7,12-13,16H,2,4,8-11H2.